The van der Waals surface area contributed by atoms with Crippen molar-refractivity contribution in [3.63, 3.8) is 0 Å². The van der Waals surface area contributed by atoms with E-state index in [0.29, 0.717) is 0 Å². The molecule has 13 heavy (non-hydrogen) atoms. The zero-order valence-electron chi connectivity index (χ0n) is 6.67. The van der Waals surface area contributed by atoms with Gasteiger partial charge in [0.15, 0.2) is 0 Å². The van der Waals surface area contributed by atoms with Gasteiger partial charge in [0.2, 0.25) is 0 Å². The van der Waals surface area contributed by atoms with Crippen LogP contribution in [0, 0.1) is 0 Å². The molecule has 0 radical (unpaired) electrons. The molecule has 0 aliphatic heterocycles. The predicted molar refractivity (Wildman–Crippen MR) is 50.4 cm³/mol. The normalized spacial score (nSPS) is 10.5. The minimum atomic E-state index is 0.801. The van der Waals surface area contributed by atoms with Gasteiger partial charge in [-0.15, -0.1) is 10.2 Å². The number of hydrogen-bond acceptors (Lipinski definition) is 7. The van der Waals surface area contributed by atoms with E-state index >= 15 is 0 Å². The lowest BCUT2D eigenvalue weighted by Crippen LogP contribution is -2.10. The second-order valence-corrected chi connectivity index (χ2v) is 4.11. The number of rotatable bonds is 4. The summed E-state index contributed by atoms with van der Waals surface area (Å²) < 4.78 is 7.53. The maximum atomic E-state index is 3.77. The quantitative estimate of drug-likeness (QED) is 0.809. The summed E-state index contributed by atoms with van der Waals surface area (Å²) in [6, 6.07) is 0. The Morgan fingerprint density at radius 2 is 1.54 bits per heavy atom. The molecule has 0 aliphatic rings. The third-order valence-electron chi connectivity index (χ3n) is 1.41. The van der Waals surface area contributed by atoms with Gasteiger partial charge in [0.1, 0.15) is 0 Å². The standard InChI is InChI=1S/C6H7N5S2/c1(5-3-8-10-12-5)7-2-6-4-9-11-13-6/h3-4,7H,1-2H2. The Hall–Kier alpha value is -0.920. The van der Waals surface area contributed by atoms with Gasteiger partial charge in [-0.3, -0.25) is 0 Å². The Kier molecular flexibility index (Phi) is 2.90. The van der Waals surface area contributed by atoms with Crippen molar-refractivity contribution in [2.75, 3.05) is 0 Å². The van der Waals surface area contributed by atoms with Crippen molar-refractivity contribution in [1.29, 1.82) is 0 Å². The van der Waals surface area contributed by atoms with E-state index in [4.69, 9.17) is 0 Å². The molecule has 0 atom stereocenters. The van der Waals surface area contributed by atoms with Crippen LogP contribution in [0.25, 0.3) is 0 Å². The summed E-state index contributed by atoms with van der Waals surface area (Å²) in [6.07, 6.45) is 3.53. The molecule has 0 aliphatic carbocycles. The molecule has 5 nitrogen and oxygen atoms in total. The highest BCUT2D eigenvalue weighted by atomic mass is 32.1. The smallest absolute Gasteiger partial charge is 0.0666 e. The number of nitrogens with one attached hydrogen (secondary N) is 1. The van der Waals surface area contributed by atoms with E-state index in [9.17, 15) is 0 Å². The molecule has 2 rings (SSSR count). The molecule has 2 heterocycles. The van der Waals surface area contributed by atoms with Crippen LogP contribution in [0.4, 0.5) is 0 Å². The molecule has 0 saturated carbocycles. The summed E-state index contributed by atoms with van der Waals surface area (Å²) in [4.78, 5) is 2.27. The number of hydrogen-bond donors (Lipinski definition) is 1. The molecule has 0 bridgehead atoms. The molecule has 2 aromatic heterocycles. The van der Waals surface area contributed by atoms with Crippen molar-refractivity contribution in [2.24, 2.45) is 0 Å². The second kappa shape index (κ2) is 4.35. The fourth-order valence-corrected chi connectivity index (χ4v) is 1.76. The van der Waals surface area contributed by atoms with Gasteiger partial charge >= 0.3 is 0 Å². The van der Waals surface area contributed by atoms with E-state index in [1.54, 1.807) is 12.4 Å². The maximum Gasteiger partial charge on any atom is 0.0666 e. The molecule has 0 saturated heterocycles. The van der Waals surface area contributed by atoms with Gasteiger partial charge in [-0.1, -0.05) is 8.98 Å². The first kappa shape index (κ1) is 8.67. The van der Waals surface area contributed by atoms with Crippen LogP contribution < -0.4 is 5.32 Å². The SMILES string of the molecule is c1nnsc1CNCc1cnns1. The van der Waals surface area contributed by atoms with Gasteiger partial charge in [0, 0.05) is 13.1 Å². The van der Waals surface area contributed by atoms with Crippen LogP contribution in [-0.2, 0) is 13.1 Å². The Balaban J connectivity index is 1.76. The van der Waals surface area contributed by atoms with Gasteiger partial charge in [-0.2, -0.15) is 0 Å². The van der Waals surface area contributed by atoms with E-state index in [-0.39, 0.29) is 0 Å². The van der Waals surface area contributed by atoms with Crippen LogP contribution in [-0.4, -0.2) is 19.2 Å². The summed E-state index contributed by atoms with van der Waals surface area (Å²) >= 11 is 2.82. The van der Waals surface area contributed by atoms with E-state index in [0.717, 1.165) is 22.8 Å². The van der Waals surface area contributed by atoms with Crippen molar-refractivity contribution in [3.05, 3.63) is 22.1 Å². The zero-order chi connectivity index (χ0) is 8.93. The number of aromatic nitrogens is 4. The van der Waals surface area contributed by atoms with E-state index in [1.807, 2.05) is 0 Å². The summed E-state index contributed by atoms with van der Waals surface area (Å²) in [7, 11) is 0. The first-order chi connectivity index (χ1) is 6.45. The van der Waals surface area contributed by atoms with E-state index in [1.165, 1.54) is 23.1 Å². The van der Waals surface area contributed by atoms with E-state index < -0.39 is 0 Å². The minimum absolute atomic E-state index is 0.801. The third-order valence-corrected chi connectivity index (χ3v) is 2.73. The molecule has 1 N–H and O–H groups in total. The van der Waals surface area contributed by atoms with Gasteiger partial charge in [0.25, 0.3) is 0 Å². The van der Waals surface area contributed by atoms with Gasteiger partial charge in [0.05, 0.1) is 22.1 Å². The second-order valence-electron chi connectivity index (χ2n) is 2.37. The van der Waals surface area contributed by atoms with Crippen molar-refractivity contribution in [2.45, 2.75) is 13.1 Å². The Bertz CT molecular complexity index is 296. The highest BCUT2D eigenvalue weighted by molar-refractivity contribution is 7.05. The van der Waals surface area contributed by atoms with Crippen LogP contribution in [0.15, 0.2) is 12.4 Å². The monoisotopic (exact) mass is 213 g/mol. The first-order valence-corrected chi connectivity index (χ1v) is 5.23. The van der Waals surface area contributed by atoms with Gasteiger partial charge in [-0.25, -0.2) is 0 Å². The highest BCUT2D eigenvalue weighted by Gasteiger charge is 1.97. The molecule has 68 valence electrons. The lowest BCUT2D eigenvalue weighted by atomic mass is 10.5. The average molecular weight is 213 g/mol. The van der Waals surface area contributed by atoms with Crippen LogP contribution in [0.3, 0.4) is 0 Å². The highest BCUT2D eigenvalue weighted by Crippen LogP contribution is 2.03. The largest absolute Gasteiger partial charge is 0.307 e. The summed E-state index contributed by atoms with van der Waals surface area (Å²) in [5.74, 6) is 0. The van der Waals surface area contributed by atoms with E-state index in [2.05, 4.69) is 24.5 Å². The van der Waals surface area contributed by atoms with Crippen LogP contribution in [0.5, 0.6) is 0 Å². The third kappa shape index (κ3) is 2.51. The Morgan fingerprint density at radius 1 is 1.00 bits per heavy atom. The lowest BCUT2D eigenvalue weighted by Gasteiger charge is -1.96. The van der Waals surface area contributed by atoms with Crippen molar-refractivity contribution >= 4 is 23.1 Å². The lowest BCUT2D eigenvalue weighted by molar-refractivity contribution is 0.706. The summed E-state index contributed by atoms with van der Waals surface area (Å²) in [5, 5.41) is 10.7. The molecule has 0 aromatic carbocycles. The average Bonchev–Trinajstić information content (AvgIpc) is 2.75. The van der Waals surface area contributed by atoms with Crippen molar-refractivity contribution in [1.82, 2.24) is 24.5 Å². The van der Waals surface area contributed by atoms with Gasteiger partial charge in [-0.05, 0) is 23.1 Å². The van der Waals surface area contributed by atoms with Gasteiger partial charge < -0.3 is 5.32 Å². The maximum absolute atomic E-state index is 3.77. The topological polar surface area (TPSA) is 63.6 Å². The predicted octanol–water partition coefficient (Wildman–Crippen LogP) is 0.679. The molecule has 0 unspecified atom stereocenters. The first-order valence-electron chi connectivity index (χ1n) is 3.68. The molecular formula is C6H7N5S2. The summed E-state index contributed by atoms with van der Waals surface area (Å²) in [5.41, 5.74) is 0. The molecule has 0 spiro atoms. The van der Waals surface area contributed by atoms with Crippen molar-refractivity contribution < 1.29 is 0 Å². The molecule has 7 heteroatoms. The van der Waals surface area contributed by atoms with Crippen LogP contribution in [0.1, 0.15) is 9.75 Å². The molecule has 2 aromatic rings. The minimum Gasteiger partial charge on any atom is -0.307 e. The molecule has 0 amide bonds. The summed E-state index contributed by atoms with van der Waals surface area (Å²) in [6.45, 7) is 1.60. The number of nitrogens with zero attached hydrogens (tertiary/aromatic N) is 4. The Labute approximate surface area is 83.1 Å². The molecule has 0 fully saturated rings. The fourth-order valence-electron chi connectivity index (χ4n) is 0.840. The fraction of sp³-hybridized carbons (Fsp3) is 0.333. The molecular weight excluding hydrogens is 206 g/mol. The zero-order valence-corrected chi connectivity index (χ0v) is 8.31. The van der Waals surface area contributed by atoms with Crippen LogP contribution >= 0.6 is 23.1 Å². The van der Waals surface area contributed by atoms with Crippen LogP contribution in [0.2, 0.25) is 0 Å². The Morgan fingerprint density at radius 3 is 1.92 bits per heavy atom. The van der Waals surface area contributed by atoms with Crippen molar-refractivity contribution in [3.8, 4) is 0 Å².